The predicted octanol–water partition coefficient (Wildman–Crippen LogP) is 1.45. The molecular weight excluding hydrogens is 362 g/mol. The number of quaternary nitrogens is 1. The maximum Gasteiger partial charge on any atom is 0.278 e. The number of rotatable bonds is 4. The molecule has 1 fully saturated rings. The number of aromatic nitrogens is 3. The molecular formula is C19H22N5O2S+. The van der Waals surface area contributed by atoms with Crippen LogP contribution >= 0.6 is 11.3 Å². The number of nitrogens with one attached hydrogen (secondary N) is 3. The Hall–Kier alpha value is -2.58. The highest BCUT2D eigenvalue weighted by Gasteiger charge is 2.21. The average molecular weight is 384 g/mol. The van der Waals surface area contributed by atoms with Crippen molar-refractivity contribution in [2.45, 2.75) is 26.3 Å². The lowest BCUT2D eigenvalue weighted by atomic mass is 9.99. The number of aromatic amines is 1. The first-order valence-corrected chi connectivity index (χ1v) is 10.0. The van der Waals surface area contributed by atoms with E-state index in [1.807, 2.05) is 5.38 Å². The summed E-state index contributed by atoms with van der Waals surface area (Å²) in [6, 6.07) is 6.94. The Bertz CT molecular complexity index is 1020. The van der Waals surface area contributed by atoms with Gasteiger partial charge in [-0.2, -0.15) is 5.10 Å². The van der Waals surface area contributed by atoms with Crippen LogP contribution in [0.1, 0.15) is 35.9 Å². The number of carbonyl (C=O) groups is 1. The number of amides is 1. The van der Waals surface area contributed by atoms with E-state index >= 15 is 0 Å². The Morgan fingerprint density at radius 2 is 2.04 bits per heavy atom. The Kier molecular flexibility index (Phi) is 5.00. The molecule has 27 heavy (non-hydrogen) atoms. The summed E-state index contributed by atoms with van der Waals surface area (Å²) < 4.78 is 0. The lowest BCUT2D eigenvalue weighted by molar-refractivity contribution is -0.920. The zero-order chi connectivity index (χ0) is 18.8. The number of benzene rings is 1. The number of hydrogen-bond acceptors (Lipinski definition) is 5. The number of H-pyrrole nitrogens is 1. The fourth-order valence-electron chi connectivity index (χ4n) is 3.49. The number of fused-ring (bicyclic) bond motifs is 1. The molecule has 3 aromatic rings. The fourth-order valence-corrected chi connectivity index (χ4v) is 4.20. The predicted molar refractivity (Wildman–Crippen MR) is 105 cm³/mol. The summed E-state index contributed by atoms with van der Waals surface area (Å²) in [6.07, 6.45) is 2.52. The first kappa shape index (κ1) is 17.8. The molecule has 7 nitrogen and oxygen atoms in total. The summed E-state index contributed by atoms with van der Waals surface area (Å²) in [7, 11) is 0. The smallest absolute Gasteiger partial charge is 0.278 e. The van der Waals surface area contributed by atoms with E-state index in [0.717, 1.165) is 18.2 Å². The number of anilines is 1. The van der Waals surface area contributed by atoms with Crippen molar-refractivity contribution in [2.24, 2.45) is 5.92 Å². The maximum absolute atomic E-state index is 12.6. The highest BCUT2D eigenvalue weighted by Crippen LogP contribution is 2.18. The minimum atomic E-state index is -0.373. The van der Waals surface area contributed by atoms with Gasteiger partial charge in [-0.25, -0.2) is 10.1 Å². The van der Waals surface area contributed by atoms with Crippen LogP contribution in [0, 0.1) is 5.92 Å². The number of thiazole rings is 1. The van der Waals surface area contributed by atoms with Gasteiger partial charge in [-0.15, -0.1) is 11.3 Å². The van der Waals surface area contributed by atoms with Crippen LogP contribution in [0.4, 0.5) is 5.13 Å². The van der Waals surface area contributed by atoms with Crippen molar-refractivity contribution in [3.63, 3.8) is 0 Å². The van der Waals surface area contributed by atoms with Crippen molar-refractivity contribution >= 4 is 33.1 Å². The van der Waals surface area contributed by atoms with Gasteiger partial charge in [-0.3, -0.25) is 14.9 Å². The van der Waals surface area contributed by atoms with Gasteiger partial charge in [0.25, 0.3) is 11.5 Å². The fraction of sp³-hybridized carbons (Fsp3) is 0.368. The van der Waals surface area contributed by atoms with Crippen LogP contribution in [-0.4, -0.2) is 34.2 Å². The Morgan fingerprint density at radius 3 is 2.81 bits per heavy atom. The molecule has 0 aliphatic carbocycles. The second-order valence-corrected chi connectivity index (χ2v) is 8.01. The molecule has 1 aliphatic heterocycles. The van der Waals surface area contributed by atoms with Crippen LogP contribution in [0.15, 0.2) is 34.4 Å². The molecule has 2 aromatic heterocycles. The molecule has 0 radical (unpaired) electrons. The summed E-state index contributed by atoms with van der Waals surface area (Å²) in [4.78, 5) is 30.6. The van der Waals surface area contributed by atoms with Crippen LogP contribution in [-0.2, 0) is 6.54 Å². The third-order valence-corrected chi connectivity index (χ3v) is 5.90. The topological polar surface area (TPSA) is 92.2 Å². The Labute approximate surface area is 160 Å². The van der Waals surface area contributed by atoms with Gasteiger partial charge in [0.1, 0.15) is 12.2 Å². The van der Waals surface area contributed by atoms with E-state index in [1.165, 1.54) is 37.3 Å². The summed E-state index contributed by atoms with van der Waals surface area (Å²) in [5, 5.41) is 12.7. The molecule has 8 heteroatoms. The number of piperidine rings is 1. The van der Waals surface area contributed by atoms with Gasteiger partial charge in [0.15, 0.2) is 10.8 Å². The van der Waals surface area contributed by atoms with Gasteiger partial charge in [0.2, 0.25) is 0 Å². The van der Waals surface area contributed by atoms with Gasteiger partial charge in [-0.05, 0) is 24.8 Å². The Balaban J connectivity index is 1.47. The van der Waals surface area contributed by atoms with E-state index in [2.05, 4.69) is 27.4 Å². The first-order chi connectivity index (χ1) is 13.1. The molecule has 0 spiro atoms. The van der Waals surface area contributed by atoms with Crippen molar-refractivity contribution < 1.29 is 9.69 Å². The minimum Gasteiger partial charge on any atom is -0.330 e. The molecule has 1 aromatic carbocycles. The van der Waals surface area contributed by atoms with Crippen molar-refractivity contribution in [3.05, 3.63) is 51.4 Å². The van der Waals surface area contributed by atoms with Gasteiger partial charge in [-0.1, -0.05) is 25.1 Å². The lowest BCUT2D eigenvalue weighted by Crippen LogP contribution is -3.11. The molecule has 0 saturated carbocycles. The van der Waals surface area contributed by atoms with Gasteiger partial charge >= 0.3 is 0 Å². The zero-order valence-electron chi connectivity index (χ0n) is 15.1. The van der Waals surface area contributed by atoms with Crippen LogP contribution in [0.25, 0.3) is 10.8 Å². The molecule has 0 bridgehead atoms. The highest BCUT2D eigenvalue weighted by molar-refractivity contribution is 7.14. The molecule has 140 valence electrons. The molecule has 3 N–H and O–H groups in total. The molecule has 3 heterocycles. The number of carbonyl (C=O) groups excluding carboxylic acids is 1. The van der Waals surface area contributed by atoms with E-state index < -0.39 is 0 Å². The number of nitrogens with zero attached hydrogens (tertiary/aromatic N) is 2. The molecule has 1 saturated heterocycles. The molecule has 0 atom stereocenters. The summed E-state index contributed by atoms with van der Waals surface area (Å²) in [5.74, 6) is 0.446. The van der Waals surface area contributed by atoms with Crippen LogP contribution < -0.4 is 15.8 Å². The molecule has 1 aliphatic rings. The molecule has 1 amide bonds. The first-order valence-electron chi connectivity index (χ1n) is 9.17. The highest BCUT2D eigenvalue weighted by atomic mass is 32.1. The maximum atomic E-state index is 12.6. The minimum absolute atomic E-state index is 0.192. The van der Waals surface area contributed by atoms with Gasteiger partial charge in [0, 0.05) is 10.8 Å². The third kappa shape index (κ3) is 3.91. The summed E-state index contributed by atoms with van der Waals surface area (Å²) in [6.45, 7) is 5.54. The van der Waals surface area contributed by atoms with Crippen molar-refractivity contribution in [2.75, 3.05) is 18.4 Å². The second-order valence-electron chi connectivity index (χ2n) is 7.15. The summed E-state index contributed by atoms with van der Waals surface area (Å²) in [5.41, 5.74) is 0.884. The normalized spacial score (nSPS) is 19.9. The zero-order valence-corrected chi connectivity index (χ0v) is 15.9. The van der Waals surface area contributed by atoms with Gasteiger partial charge < -0.3 is 4.90 Å². The van der Waals surface area contributed by atoms with Crippen LogP contribution in [0.3, 0.4) is 0 Å². The second kappa shape index (κ2) is 7.58. The number of likely N-dealkylation sites (tertiary alicyclic amines) is 1. The quantitative estimate of drug-likeness (QED) is 0.635. The largest absolute Gasteiger partial charge is 0.330 e. The molecule has 4 rings (SSSR count). The monoisotopic (exact) mass is 384 g/mol. The van der Waals surface area contributed by atoms with Crippen molar-refractivity contribution in [1.29, 1.82) is 0 Å². The van der Waals surface area contributed by atoms with E-state index in [0.29, 0.717) is 15.9 Å². The number of hydrogen-bond donors (Lipinski definition) is 3. The van der Waals surface area contributed by atoms with E-state index in [1.54, 1.807) is 29.2 Å². The van der Waals surface area contributed by atoms with E-state index in [9.17, 15) is 9.59 Å². The third-order valence-electron chi connectivity index (χ3n) is 5.10. The van der Waals surface area contributed by atoms with Gasteiger partial charge in [0.05, 0.1) is 18.5 Å². The summed E-state index contributed by atoms with van der Waals surface area (Å²) >= 11 is 1.41. The SMILES string of the molecule is CC1CC[NH+](Cc2csc(NC(=O)c3n[nH]c(=O)c4ccccc34)n2)CC1. The Morgan fingerprint density at radius 1 is 1.30 bits per heavy atom. The van der Waals surface area contributed by atoms with Crippen LogP contribution in [0.2, 0.25) is 0 Å². The average Bonchev–Trinajstić information content (AvgIpc) is 3.11. The van der Waals surface area contributed by atoms with Crippen molar-refractivity contribution in [1.82, 2.24) is 15.2 Å². The van der Waals surface area contributed by atoms with E-state index in [4.69, 9.17) is 0 Å². The van der Waals surface area contributed by atoms with Crippen LogP contribution in [0.5, 0.6) is 0 Å². The van der Waals surface area contributed by atoms with Crippen molar-refractivity contribution in [3.8, 4) is 0 Å². The lowest BCUT2D eigenvalue weighted by Gasteiger charge is -2.26. The molecule has 0 unspecified atom stereocenters. The standard InChI is InChI=1S/C19H21N5O2S/c1-12-6-8-24(9-7-12)10-13-11-27-19(20-13)21-18(26)16-14-4-2-3-5-15(14)17(25)23-22-16/h2-5,11-12H,6-10H2,1H3,(H,23,25)(H,20,21,26)/p+1. The van der Waals surface area contributed by atoms with E-state index in [-0.39, 0.29) is 17.2 Å².